The maximum absolute atomic E-state index is 15.2. The Morgan fingerprint density at radius 3 is 2.57 bits per heavy atom. The molecule has 1 saturated heterocycles. The molecule has 0 aliphatic carbocycles. The first kappa shape index (κ1) is 20.0. The van der Waals surface area contributed by atoms with Gasteiger partial charge in [-0.3, -0.25) is 0 Å². The third-order valence-corrected chi connectivity index (χ3v) is 5.76. The van der Waals surface area contributed by atoms with E-state index in [1.54, 1.807) is 29.2 Å². The first-order valence-electron chi connectivity index (χ1n) is 9.09. The Balaban J connectivity index is 1.57. The third kappa shape index (κ3) is 3.91. The predicted octanol–water partition coefficient (Wildman–Crippen LogP) is 2.56. The number of hydrogen-bond donors (Lipinski definition) is 2. The Labute approximate surface area is 173 Å². The Morgan fingerprint density at radius 2 is 1.90 bits per heavy atom. The number of methoxy groups -OCH3 is 1. The average molecular weight is 429 g/mol. The Morgan fingerprint density at radius 1 is 1.17 bits per heavy atom. The van der Waals surface area contributed by atoms with Crippen LogP contribution in [0, 0.1) is 0 Å². The van der Waals surface area contributed by atoms with Gasteiger partial charge in [-0.15, -0.1) is 0 Å². The van der Waals surface area contributed by atoms with Crippen molar-refractivity contribution in [1.29, 1.82) is 0 Å². The van der Waals surface area contributed by atoms with Gasteiger partial charge in [0.1, 0.15) is 0 Å². The molecule has 3 aromatic rings. The van der Waals surface area contributed by atoms with Crippen LogP contribution in [-0.4, -0.2) is 38.6 Å². The minimum atomic E-state index is -3.83. The van der Waals surface area contributed by atoms with E-state index in [0.717, 1.165) is 0 Å². The van der Waals surface area contributed by atoms with E-state index in [9.17, 15) is 8.42 Å². The summed E-state index contributed by atoms with van der Waals surface area (Å²) in [6, 6.07) is 15.0. The molecule has 4 rings (SSSR count). The predicted molar refractivity (Wildman–Crippen MR) is 111 cm³/mol. The molecule has 30 heavy (non-hydrogen) atoms. The molecule has 10 heteroatoms. The normalized spacial score (nSPS) is 15.4. The van der Waals surface area contributed by atoms with Crippen LogP contribution in [0.15, 0.2) is 65.7 Å². The van der Waals surface area contributed by atoms with Crippen molar-refractivity contribution in [3.63, 3.8) is 0 Å². The number of nitrogens with two attached hydrogens (primary N) is 1. The summed E-state index contributed by atoms with van der Waals surface area (Å²) >= 11 is 0. The minimum Gasteiger partial charge on any atom is -0.491 e. The summed E-state index contributed by atoms with van der Waals surface area (Å²) in [6.07, 6.45) is 1.48. The van der Waals surface area contributed by atoms with Gasteiger partial charge in [0.25, 0.3) is 0 Å². The van der Waals surface area contributed by atoms with Gasteiger partial charge in [0.15, 0.2) is 17.2 Å². The van der Waals surface area contributed by atoms with Gasteiger partial charge in [0.2, 0.25) is 16.0 Å². The summed E-state index contributed by atoms with van der Waals surface area (Å²) in [5, 5.41) is 8.12. The number of rotatable bonds is 6. The van der Waals surface area contributed by atoms with Crippen LogP contribution >= 0.6 is 0 Å². The van der Waals surface area contributed by atoms with Crippen LogP contribution in [0.25, 0.3) is 0 Å². The fraction of sp³-hybridized carbons (Fsp3) is 0.200. The van der Waals surface area contributed by atoms with E-state index in [1.807, 2.05) is 18.2 Å². The van der Waals surface area contributed by atoms with Gasteiger partial charge in [-0.05, 0) is 23.8 Å². The van der Waals surface area contributed by atoms with E-state index in [4.69, 9.17) is 9.88 Å². The van der Waals surface area contributed by atoms with Crippen molar-refractivity contribution in [3.8, 4) is 5.75 Å². The van der Waals surface area contributed by atoms with Gasteiger partial charge in [0, 0.05) is 5.69 Å². The molecule has 156 valence electrons. The molecule has 1 aromatic heterocycles. The van der Waals surface area contributed by atoms with Crippen LogP contribution < -0.4 is 20.1 Å². The number of hydrogen-bond acceptors (Lipinski definition) is 7. The van der Waals surface area contributed by atoms with Crippen LogP contribution in [0.3, 0.4) is 0 Å². The van der Waals surface area contributed by atoms with Crippen LogP contribution in [0.2, 0.25) is 0 Å². The fourth-order valence-corrected chi connectivity index (χ4v) is 3.86. The maximum atomic E-state index is 15.2. The van der Waals surface area contributed by atoms with E-state index in [-0.39, 0.29) is 23.9 Å². The van der Waals surface area contributed by atoms with Gasteiger partial charge in [-0.2, -0.15) is 4.98 Å². The fourth-order valence-electron chi connectivity index (χ4n) is 3.30. The zero-order valence-electron chi connectivity index (χ0n) is 16.1. The van der Waals surface area contributed by atoms with Gasteiger partial charge in [-0.25, -0.2) is 22.9 Å². The van der Waals surface area contributed by atoms with Crippen LogP contribution in [-0.2, 0) is 15.7 Å². The highest BCUT2D eigenvalue weighted by Crippen LogP contribution is 2.41. The Kier molecular flexibility index (Phi) is 5.04. The number of primary sulfonamides is 1. The molecule has 0 amide bonds. The highest BCUT2D eigenvalue weighted by atomic mass is 32.2. The molecule has 0 atom stereocenters. The summed E-state index contributed by atoms with van der Waals surface area (Å²) in [7, 11) is -2.34. The third-order valence-electron chi connectivity index (χ3n) is 4.85. The summed E-state index contributed by atoms with van der Waals surface area (Å²) < 4.78 is 43.6. The molecule has 1 fully saturated rings. The highest BCUT2D eigenvalue weighted by molar-refractivity contribution is 7.89. The second-order valence-electron chi connectivity index (χ2n) is 6.97. The van der Waals surface area contributed by atoms with Gasteiger partial charge in [-0.1, -0.05) is 36.4 Å². The quantitative estimate of drug-likeness (QED) is 0.620. The molecule has 0 unspecified atom stereocenters. The maximum Gasteiger partial charge on any atom is 0.238 e. The Hall–Kier alpha value is -3.24. The second-order valence-corrected chi connectivity index (χ2v) is 8.53. The number of halogens is 1. The van der Waals surface area contributed by atoms with E-state index in [2.05, 4.69) is 15.3 Å². The van der Waals surface area contributed by atoms with Crippen LogP contribution in [0.4, 0.5) is 21.8 Å². The molecule has 1 aliphatic rings. The molecule has 2 aromatic carbocycles. The van der Waals surface area contributed by atoms with Crippen molar-refractivity contribution in [2.24, 2.45) is 5.14 Å². The molecular formula is C20H20FN5O3S. The molecule has 3 N–H and O–H groups in total. The standard InChI is InChI=1S/C20H20FN5O3S/c1-29-17-11-23-19(24-15-8-5-9-16(10-15)30(22,27)28)25-18(17)26-12-20(21,13-26)14-6-3-2-4-7-14/h2-11H,12-13H2,1H3,(H2,22,27,28)(H,23,24,25). The summed E-state index contributed by atoms with van der Waals surface area (Å²) in [4.78, 5) is 10.4. The van der Waals surface area contributed by atoms with Gasteiger partial charge >= 0.3 is 0 Å². The number of nitrogens with one attached hydrogen (secondary N) is 1. The van der Waals surface area contributed by atoms with Crippen molar-refractivity contribution < 1.29 is 17.5 Å². The molecule has 0 radical (unpaired) electrons. The SMILES string of the molecule is COc1cnc(Nc2cccc(S(N)(=O)=O)c2)nc1N1CC(F)(c2ccccc2)C1. The van der Waals surface area contributed by atoms with Gasteiger partial charge < -0.3 is 15.0 Å². The lowest BCUT2D eigenvalue weighted by Gasteiger charge is -2.45. The average Bonchev–Trinajstić information content (AvgIpc) is 2.71. The molecule has 0 spiro atoms. The first-order valence-corrected chi connectivity index (χ1v) is 10.6. The lowest BCUT2D eigenvalue weighted by Crippen LogP contribution is -2.57. The summed E-state index contributed by atoms with van der Waals surface area (Å²) in [5.41, 5.74) is -0.396. The molecule has 0 bridgehead atoms. The largest absolute Gasteiger partial charge is 0.491 e. The highest BCUT2D eigenvalue weighted by Gasteiger charge is 2.46. The number of anilines is 3. The zero-order valence-corrected chi connectivity index (χ0v) is 16.9. The minimum absolute atomic E-state index is 0.0333. The lowest BCUT2D eigenvalue weighted by molar-refractivity contribution is 0.118. The van der Waals surface area contributed by atoms with Crippen molar-refractivity contribution in [1.82, 2.24) is 9.97 Å². The number of nitrogens with zero attached hydrogens (tertiary/aromatic N) is 3. The molecule has 2 heterocycles. The van der Waals surface area contributed by atoms with Gasteiger partial charge in [0.05, 0.1) is 31.3 Å². The topological polar surface area (TPSA) is 110 Å². The molecule has 1 aliphatic heterocycles. The van der Waals surface area contributed by atoms with Crippen LogP contribution in [0.5, 0.6) is 5.75 Å². The number of ether oxygens (including phenoxy) is 1. The summed E-state index contributed by atoms with van der Waals surface area (Å²) in [6.45, 7) is 0.259. The van der Waals surface area contributed by atoms with Crippen molar-refractivity contribution >= 4 is 27.5 Å². The van der Waals surface area contributed by atoms with E-state index < -0.39 is 15.7 Å². The van der Waals surface area contributed by atoms with E-state index >= 15 is 4.39 Å². The number of alkyl halides is 1. The van der Waals surface area contributed by atoms with Crippen molar-refractivity contribution in [2.75, 3.05) is 30.4 Å². The van der Waals surface area contributed by atoms with Crippen LogP contribution in [0.1, 0.15) is 5.56 Å². The Bertz CT molecular complexity index is 1170. The zero-order chi connectivity index (χ0) is 21.4. The first-order chi connectivity index (χ1) is 14.3. The molecule has 0 saturated carbocycles. The van der Waals surface area contributed by atoms with E-state index in [0.29, 0.717) is 22.8 Å². The number of aromatic nitrogens is 2. The second kappa shape index (κ2) is 7.54. The van der Waals surface area contributed by atoms with Crippen molar-refractivity contribution in [2.45, 2.75) is 10.6 Å². The number of sulfonamides is 1. The number of benzene rings is 2. The summed E-state index contributed by atoms with van der Waals surface area (Å²) in [5.74, 6) is 1.07. The van der Waals surface area contributed by atoms with Crippen molar-refractivity contribution in [3.05, 3.63) is 66.4 Å². The monoisotopic (exact) mass is 429 g/mol. The van der Waals surface area contributed by atoms with E-state index in [1.165, 1.54) is 25.4 Å². The molecule has 8 nitrogen and oxygen atoms in total. The lowest BCUT2D eigenvalue weighted by atomic mass is 9.88. The molecular weight excluding hydrogens is 409 g/mol. The smallest absolute Gasteiger partial charge is 0.238 e.